The van der Waals surface area contributed by atoms with Gasteiger partial charge in [-0.05, 0) is 76.7 Å². The summed E-state index contributed by atoms with van der Waals surface area (Å²) in [6.07, 6.45) is -8.98. The van der Waals surface area contributed by atoms with E-state index in [1.54, 1.807) is 12.1 Å². The summed E-state index contributed by atoms with van der Waals surface area (Å²) >= 11 is 3.40. The molecular formula is C29H19BrF6. The lowest BCUT2D eigenvalue weighted by Crippen LogP contribution is -2.06. The van der Waals surface area contributed by atoms with Crippen LogP contribution in [-0.4, -0.2) is 0 Å². The largest absolute Gasteiger partial charge is 0.416 e. The van der Waals surface area contributed by atoms with E-state index in [0.29, 0.717) is 27.8 Å². The maximum atomic E-state index is 13.2. The van der Waals surface area contributed by atoms with Gasteiger partial charge in [0.15, 0.2) is 0 Å². The van der Waals surface area contributed by atoms with E-state index in [1.807, 2.05) is 43.3 Å². The number of rotatable bonds is 4. The van der Waals surface area contributed by atoms with Crippen LogP contribution in [0.2, 0.25) is 0 Å². The Bertz CT molecular complexity index is 1250. The molecule has 0 bridgehead atoms. The summed E-state index contributed by atoms with van der Waals surface area (Å²) in [6, 6.07) is 24.3. The molecule has 0 atom stereocenters. The molecule has 0 nitrogen and oxygen atoms in total. The Kier molecular flexibility index (Phi) is 7.14. The molecule has 4 aromatic carbocycles. The highest BCUT2D eigenvalue weighted by Gasteiger charge is 2.31. The van der Waals surface area contributed by atoms with Crippen molar-refractivity contribution in [1.29, 1.82) is 0 Å². The molecule has 0 amide bonds. The molecule has 0 aliphatic carbocycles. The Morgan fingerprint density at radius 2 is 0.750 bits per heavy atom. The van der Waals surface area contributed by atoms with Gasteiger partial charge in [-0.15, -0.1) is 0 Å². The molecule has 0 aliphatic rings. The number of hydrogen-bond acceptors (Lipinski definition) is 0. The standard InChI is InChI=1S/C29H19BrF6/c1-18-2-4-19(5-3-18)26(20-6-12-23(13-7-20)28(31,32)33)27(22-10-16-25(30)17-11-22)21-8-14-24(15-9-21)29(34,35)36/h2-17H,1H3/b27-26-. The molecule has 4 rings (SSSR count). The maximum Gasteiger partial charge on any atom is 0.416 e. The third-order valence-electron chi connectivity index (χ3n) is 5.72. The summed E-state index contributed by atoms with van der Waals surface area (Å²) in [4.78, 5) is 0. The summed E-state index contributed by atoms with van der Waals surface area (Å²) in [7, 11) is 0. The van der Waals surface area contributed by atoms with Gasteiger partial charge in [0.2, 0.25) is 0 Å². The summed E-state index contributed by atoms with van der Waals surface area (Å²) in [5.74, 6) is 0. The van der Waals surface area contributed by atoms with Crippen LogP contribution in [0.15, 0.2) is 102 Å². The molecule has 0 saturated heterocycles. The highest BCUT2D eigenvalue weighted by atomic mass is 79.9. The first-order valence-corrected chi connectivity index (χ1v) is 11.7. The molecule has 0 N–H and O–H groups in total. The first-order chi connectivity index (χ1) is 16.9. The van der Waals surface area contributed by atoms with E-state index in [4.69, 9.17) is 0 Å². The van der Waals surface area contributed by atoms with Gasteiger partial charge in [0.05, 0.1) is 11.1 Å². The zero-order valence-electron chi connectivity index (χ0n) is 18.9. The van der Waals surface area contributed by atoms with Gasteiger partial charge >= 0.3 is 12.4 Å². The van der Waals surface area contributed by atoms with Gasteiger partial charge in [0.25, 0.3) is 0 Å². The van der Waals surface area contributed by atoms with Gasteiger partial charge in [0, 0.05) is 4.47 Å². The van der Waals surface area contributed by atoms with Crippen molar-refractivity contribution in [2.24, 2.45) is 0 Å². The molecule has 36 heavy (non-hydrogen) atoms. The molecule has 7 heteroatoms. The fourth-order valence-corrected chi connectivity index (χ4v) is 4.16. The molecule has 0 heterocycles. The Hall–Kier alpha value is -3.32. The van der Waals surface area contributed by atoms with Crippen LogP contribution in [0.4, 0.5) is 26.3 Å². The SMILES string of the molecule is Cc1ccc(/C(=C(/c2ccc(Br)cc2)c2ccc(C(F)(F)F)cc2)c2ccc(C(F)(F)F)cc2)cc1. The smallest absolute Gasteiger partial charge is 0.166 e. The summed E-state index contributed by atoms with van der Waals surface area (Å²) < 4.78 is 80.2. The third-order valence-corrected chi connectivity index (χ3v) is 6.25. The lowest BCUT2D eigenvalue weighted by Gasteiger charge is -2.19. The van der Waals surface area contributed by atoms with E-state index in [9.17, 15) is 26.3 Å². The Labute approximate surface area is 213 Å². The Morgan fingerprint density at radius 3 is 1.06 bits per heavy atom. The molecule has 0 aromatic heterocycles. The predicted molar refractivity (Wildman–Crippen MR) is 133 cm³/mol. The van der Waals surface area contributed by atoms with Gasteiger partial charge in [-0.25, -0.2) is 0 Å². The predicted octanol–water partition coefficient (Wildman–Crippen LogP) is 9.80. The topological polar surface area (TPSA) is 0 Å². The van der Waals surface area contributed by atoms with Crippen molar-refractivity contribution >= 4 is 27.1 Å². The third kappa shape index (κ3) is 5.73. The fourth-order valence-electron chi connectivity index (χ4n) is 3.90. The van der Waals surface area contributed by atoms with Crippen LogP contribution in [0.3, 0.4) is 0 Å². The highest BCUT2D eigenvalue weighted by Crippen LogP contribution is 2.39. The zero-order chi connectivity index (χ0) is 26.1. The van der Waals surface area contributed by atoms with E-state index in [-0.39, 0.29) is 0 Å². The van der Waals surface area contributed by atoms with Crippen molar-refractivity contribution in [3.8, 4) is 0 Å². The van der Waals surface area contributed by atoms with Gasteiger partial charge in [-0.3, -0.25) is 0 Å². The lowest BCUT2D eigenvalue weighted by atomic mass is 9.85. The molecule has 0 unspecified atom stereocenters. The number of hydrogen-bond donors (Lipinski definition) is 0. The van der Waals surface area contributed by atoms with Crippen LogP contribution in [0.5, 0.6) is 0 Å². The number of benzene rings is 4. The molecule has 184 valence electrons. The zero-order valence-corrected chi connectivity index (χ0v) is 20.5. The molecule has 0 fully saturated rings. The lowest BCUT2D eigenvalue weighted by molar-refractivity contribution is -0.138. The van der Waals surface area contributed by atoms with Crippen molar-refractivity contribution in [2.75, 3.05) is 0 Å². The van der Waals surface area contributed by atoms with Crippen LogP contribution in [0, 0.1) is 6.92 Å². The normalized spacial score (nSPS) is 12.9. The number of halogens is 7. The second kappa shape index (κ2) is 9.97. The minimum atomic E-state index is -4.49. The van der Waals surface area contributed by atoms with Gasteiger partial charge in [-0.1, -0.05) is 82.2 Å². The van der Waals surface area contributed by atoms with Crippen molar-refractivity contribution in [1.82, 2.24) is 0 Å². The van der Waals surface area contributed by atoms with Gasteiger partial charge < -0.3 is 0 Å². The molecule has 0 aliphatic heterocycles. The monoisotopic (exact) mass is 560 g/mol. The molecule has 0 saturated carbocycles. The number of alkyl halides is 6. The van der Waals surface area contributed by atoms with Crippen molar-refractivity contribution in [3.63, 3.8) is 0 Å². The second-order valence-corrected chi connectivity index (χ2v) is 9.19. The molecule has 0 spiro atoms. The molecule has 0 radical (unpaired) electrons. The molecular weight excluding hydrogens is 542 g/mol. The first kappa shape index (κ1) is 25.8. The van der Waals surface area contributed by atoms with E-state index >= 15 is 0 Å². The molecule has 4 aromatic rings. The van der Waals surface area contributed by atoms with E-state index in [2.05, 4.69) is 15.9 Å². The van der Waals surface area contributed by atoms with Crippen molar-refractivity contribution in [3.05, 3.63) is 140 Å². The van der Waals surface area contributed by atoms with Crippen molar-refractivity contribution in [2.45, 2.75) is 19.3 Å². The van der Waals surface area contributed by atoms with Crippen LogP contribution >= 0.6 is 15.9 Å². The number of aryl methyl sites for hydroxylation is 1. The average molecular weight is 561 g/mol. The summed E-state index contributed by atoms with van der Waals surface area (Å²) in [5, 5.41) is 0. The van der Waals surface area contributed by atoms with Crippen molar-refractivity contribution < 1.29 is 26.3 Å². The summed E-state index contributed by atoms with van der Waals surface area (Å²) in [6.45, 7) is 1.91. The Morgan fingerprint density at radius 1 is 0.472 bits per heavy atom. The summed E-state index contributed by atoms with van der Waals surface area (Å²) in [5.41, 5.74) is 3.05. The van der Waals surface area contributed by atoms with Gasteiger partial charge in [0.1, 0.15) is 0 Å². The minimum Gasteiger partial charge on any atom is -0.166 e. The van der Waals surface area contributed by atoms with Crippen LogP contribution in [-0.2, 0) is 12.4 Å². The average Bonchev–Trinajstić information content (AvgIpc) is 2.83. The van der Waals surface area contributed by atoms with E-state index in [0.717, 1.165) is 39.9 Å². The van der Waals surface area contributed by atoms with E-state index in [1.165, 1.54) is 24.3 Å². The maximum absolute atomic E-state index is 13.2. The first-order valence-electron chi connectivity index (χ1n) is 10.9. The van der Waals surface area contributed by atoms with Crippen LogP contribution in [0.1, 0.15) is 38.9 Å². The van der Waals surface area contributed by atoms with E-state index < -0.39 is 23.5 Å². The fraction of sp³-hybridized carbons (Fsp3) is 0.103. The van der Waals surface area contributed by atoms with Crippen LogP contribution in [0.25, 0.3) is 11.1 Å². The van der Waals surface area contributed by atoms with Crippen LogP contribution < -0.4 is 0 Å². The highest BCUT2D eigenvalue weighted by molar-refractivity contribution is 9.10. The Balaban J connectivity index is 2.04. The quantitative estimate of drug-likeness (QED) is 0.172. The second-order valence-electron chi connectivity index (χ2n) is 8.27. The van der Waals surface area contributed by atoms with Gasteiger partial charge in [-0.2, -0.15) is 26.3 Å². The minimum absolute atomic E-state index is 0.501.